The molecule has 0 aromatic heterocycles. The second-order valence-electron chi connectivity index (χ2n) is 8.04. The fourth-order valence-electron chi connectivity index (χ4n) is 3.75. The molecule has 2 N–H and O–H groups in total. The summed E-state index contributed by atoms with van der Waals surface area (Å²) < 4.78 is 0. The molecule has 0 spiro atoms. The standard InChI is InChI=1S/C24H28N2O4/c1-15-9-10-18(13-16(15)2)22(28)20-21(17-7-5-8-19(27)14-17)26(24(30)23(20)29)12-6-11-25(3)4/h5,7-10,13-14,21,27-28H,6,11-12H2,1-4H3/b22-20-. The van der Waals surface area contributed by atoms with Gasteiger partial charge in [-0.2, -0.15) is 0 Å². The number of benzene rings is 2. The van der Waals surface area contributed by atoms with E-state index in [1.54, 1.807) is 18.2 Å². The molecule has 2 aromatic rings. The molecule has 2 aromatic carbocycles. The number of phenolic OH excluding ortho intramolecular Hbond substituents is 1. The molecule has 1 unspecified atom stereocenters. The maximum absolute atomic E-state index is 13.0. The summed E-state index contributed by atoms with van der Waals surface area (Å²) in [5.41, 5.74) is 3.19. The topological polar surface area (TPSA) is 81.1 Å². The SMILES string of the molecule is Cc1ccc(/C(O)=C2/C(=O)C(=O)N(CCCN(C)C)C2c2cccc(O)c2)cc1C. The van der Waals surface area contributed by atoms with Gasteiger partial charge in [-0.15, -0.1) is 0 Å². The maximum Gasteiger partial charge on any atom is 0.295 e. The van der Waals surface area contributed by atoms with Crippen LogP contribution in [0.5, 0.6) is 5.75 Å². The van der Waals surface area contributed by atoms with Gasteiger partial charge in [-0.3, -0.25) is 9.59 Å². The molecule has 0 aliphatic carbocycles. The first kappa shape index (κ1) is 21.6. The van der Waals surface area contributed by atoms with Gasteiger partial charge in [0, 0.05) is 12.1 Å². The fraction of sp³-hybridized carbons (Fsp3) is 0.333. The number of Topliss-reactive ketones (excluding diaryl/α,β-unsaturated/α-hetero) is 1. The number of nitrogens with zero attached hydrogens (tertiary/aromatic N) is 2. The van der Waals surface area contributed by atoms with E-state index in [0.29, 0.717) is 24.1 Å². The van der Waals surface area contributed by atoms with Gasteiger partial charge in [0.05, 0.1) is 11.6 Å². The van der Waals surface area contributed by atoms with Crippen LogP contribution in [0.3, 0.4) is 0 Å². The summed E-state index contributed by atoms with van der Waals surface area (Å²) in [4.78, 5) is 29.3. The van der Waals surface area contributed by atoms with Crippen LogP contribution in [0.2, 0.25) is 0 Å². The average molecular weight is 408 g/mol. The first-order valence-corrected chi connectivity index (χ1v) is 10.0. The van der Waals surface area contributed by atoms with E-state index in [9.17, 15) is 19.8 Å². The summed E-state index contributed by atoms with van der Waals surface area (Å²) in [5.74, 6) is -1.49. The second-order valence-corrected chi connectivity index (χ2v) is 8.04. The van der Waals surface area contributed by atoms with E-state index in [1.165, 1.54) is 17.0 Å². The minimum absolute atomic E-state index is 0.0394. The third-order valence-corrected chi connectivity index (χ3v) is 5.51. The minimum atomic E-state index is -0.749. The van der Waals surface area contributed by atoms with Crippen LogP contribution in [0.4, 0.5) is 0 Å². The first-order valence-electron chi connectivity index (χ1n) is 10.0. The molecular weight excluding hydrogens is 380 g/mol. The number of aliphatic hydroxyl groups excluding tert-OH is 1. The van der Waals surface area contributed by atoms with Crippen molar-refractivity contribution in [1.29, 1.82) is 0 Å². The lowest BCUT2D eigenvalue weighted by Gasteiger charge is -2.26. The molecule has 0 saturated carbocycles. The maximum atomic E-state index is 13.0. The molecule has 158 valence electrons. The number of hydrogen-bond donors (Lipinski definition) is 2. The Kier molecular flexibility index (Phi) is 6.27. The van der Waals surface area contributed by atoms with E-state index in [0.717, 1.165) is 17.7 Å². The van der Waals surface area contributed by atoms with E-state index < -0.39 is 17.7 Å². The first-order chi connectivity index (χ1) is 14.2. The lowest BCUT2D eigenvalue weighted by molar-refractivity contribution is -0.139. The Balaban J connectivity index is 2.12. The van der Waals surface area contributed by atoms with Gasteiger partial charge in [0.25, 0.3) is 11.7 Å². The lowest BCUT2D eigenvalue weighted by atomic mass is 9.94. The molecular formula is C24H28N2O4. The molecule has 0 radical (unpaired) electrons. The van der Waals surface area contributed by atoms with E-state index in [4.69, 9.17) is 0 Å². The van der Waals surface area contributed by atoms with Crippen molar-refractivity contribution in [1.82, 2.24) is 9.80 Å². The van der Waals surface area contributed by atoms with Crippen molar-refractivity contribution in [3.8, 4) is 5.75 Å². The van der Waals surface area contributed by atoms with Crippen LogP contribution in [0, 0.1) is 13.8 Å². The predicted octanol–water partition coefficient (Wildman–Crippen LogP) is 3.38. The van der Waals surface area contributed by atoms with Crippen molar-refractivity contribution in [3.63, 3.8) is 0 Å². The number of phenols is 1. The van der Waals surface area contributed by atoms with Gasteiger partial charge in [-0.1, -0.05) is 24.3 Å². The number of aryl methyl sites for hydroxylation is 2. The highest BCUT2D eigenvalue weighted by atomic mass is 16.3. The highest BCUT2D eigenvalue weighted by Crippen LogP contribution is 2.40. The molecule has 30 heavy (non-hydrogen) atoms. The van der Waals surface area contributed by atoms with E-state index in [1.807, 2.05) is 45.0 Å². The van der Waals surface area contributed by atoms with Crippen LogP contribution in [-0.2, 0) is 9.59 Å². The number of rotatable bonds is 6. The zero-order chi connectivity index (χ0) is 22.0. The van der Waals surface area contributed by atoms with E-state index in [-0.39, 0.29) is 17.1 Å². The lowest BCUT2D eigenvalue weighted by Crippen LogP contribution is -2.32. The molecule has 6 nitrogen and oxygen atoms in total. The van der Waals surface area contributed by atoms with Crippen molar-refractivity contribution < 1.29 is 19.8 Å². The summed E-state index contributed by atoms with van der Waals surface area (Å²) in [7, 11) is 3.89. The van der Waals surface area contributed by atoms with Gasteiger partial charge >= 0.3 is 0 Å². The minimum Gasteiger partial charge on any atom is -0.508 e. The second kappa shape index (κ2) is 8.71. The van der Waals surface area contributed by atoms with Gasteiger partial charge < -0.3 is 20.0 Å². The molecule has 0 bridgehead atoms. The van der Waals surface area contributed by atoms with Crippen molar-refractivity contribution in [2.45, 2.75) is 26.3 Å². The normalized spacial score (nSPS) is 18.4. The number of hydrogen-bond acceptors (Lipinski definition) is 5. The summed E-state index contributed by atoms with van der Waals surface area (Å²) in [6.07, 6.45) is 0.680. The summed E-state index contributed by atoms with van der Waals surface area (Å²) in [6, 6.07) is 11.2. The highest BCUT2D eigenvalue weighted by molar-refractivity contribution is 6.46. The number of carbonyl (C=O) groups excluding carboxylic acids is 2. The Morgan fingerprint density at radius 2 is 1.80 bits per heavy atom. The van der Waals surface area contributed by atoms with Crippen LogP contribution in [0.1, 0.15) is 34.7 Å². The van der Waals surface area contributed by atoms with Gasteiger partial charge in [0.15, 0.2) is 0 Å². The fourth-order valence-corrected chi connectivity index (χ4v) is 3.75. The number of ketones is 1. The van der Waals surface area contributed by atoms with E-state index >= 15 is 0 Å². The third kappa shape index (κ3) is 4.24. The molecule has 1 aliphatic heterocycles. The summed E-state index contributed by atoms with van der Waals surface area (Å²) >= 11 is 0. The van der Waals surface area contributed by atoms with Crippen molar-refractivity contribution in [2.75, 3.05) is 27.2 Å². The third-order valence-electron chi connectivity index (χ3n) is 5.51. The quantitative estimate of drug-likeness (QED) is 0.435. The number of carbonyl (C=O) groups is 2. The molecule has 1 fully saturated rings. The van der Waals surface area contributed by atoms with Crippen molar-refractivity contribution in [2.24, 2.45) is 0 Å². The van der Waals surface area contributed by atoms with Gasteiger partial charge in [0.1, 0.15) is 11.5 Å². The Hall–Kier alpha value is -3.12. The number of amides is 1. The number of likely N-dealkylation sites (tertiary alicyclic amines) is 1. The van der Waals surface area contributed by atoms with Crippen molar-refractivity contribution >= 4 is 17.4 Å². The number of aromatic hydroxyl groups is 1. The van der Waals surface area contributed by atoms with Gasteiger partial charge in [0.2, 0.25) is 0 Å². The van der Waals surface area contributed by atoms with Crippen molar-refractivity contribution in [3.05, 3.63) is 70.3 Å². The largest absolute Gasteiger partial charge is 0.508 e. The van der Waals surface area contributed by atoms with Crippen LogP contribution >= 0.6 is 0 Å². The molecule has 1 atom stereocenters. The number of aliphatic hydroxyl groups is 1. The van der Waals surface area contributed by atoms with E-state index in [2.05, 4.69) is 0 Å². The zero-order valence-electron chi connectivity index (χ0n) is 17.8. The van der Waals surface area contributed by atoms with Crippen LogP contribution in [0.15, 0.2) is 48.0 Å². The summed E-state index contributed by atoms with van der Waals surface area (Å²) in [6.45, 7) is 5.02. The van der Waals surface area contributed by atoms with Gasteiger partial charge in [-0.05, 0) is 75.8 Å². The Morgan fingerprint density at radius 3 is 2.43 bits per heavy atom. The highest BCUT2D eigenvalue weighted by Gasteiger charge is 2.45. The molecule has 3 rings (SSSR count). The van der Waals surface area contributed by atoms with Crippen LogP contribution < -0.4 is 0 Å². The average Bonchev–Trinajstić information content (AvgIpc) is 2.94. The van der Waals surface area contributed by atoms with Crippen LogP contribution in [-0.4, -0.2) is 58.9 Å². The Labute approximate surface area is 177 Å². The smallest absolute Gasteiger partial charge is 0.295 e. The zero-order valence-corrected chi connectivity index (χ0v) is 17.8. The molecule has 1 aliphatic rings. The Bertz CT molecular complexity index is 1010. The predicted molar refractivity (Wildman–Crippen MR) is 116 cm³/mol. The van der Waals surface area contributed by atoms with Crippen LogP contribution in [0.25, 0.3) is 5.76 Å². The molecule has 1 amide bonds. The molecule has 1 saturated heterocycles. The van der Waals surface area contributed by atoms with Gasteiger partial charge in [-0.25, -0.2) is 0 Å². The molecule has 6 heteroatoms. The monoisotopic (exact) mass is 408 g/mol. The Morgan fingerprint density at radius 1 is 1.07 bits per heavy atom. The summed E-state index contributed by atoms with van der Waals surface area (Å²) in [5, 5.41) is 21.0. The molecule has 1 heterocycles.